The van der Waals surface area contributed by atoms with Gasteiger partial charge in [0.05, 0.1) is 32.4 Å². The van der Waals surface area contributed by atoms with Crippen LogP contribution in [-0.4, -0.2) is 23.5 Å². The van der Waals surface area contributed by atoms with E-state index in [0.717, 1.165) is 17.5 Å². The number of benzene rings is 2. The number of unbranched alkanes of at least 4 members (excludes halogenated alkanes) is 1. The first-order valence-electron chi connectivity index (χ1n) is 9.89. The predicted octanol–water partition coefficient (Wildman–Crippen LogP) is 7.07. The lowest BCUT2D eigenvalue weighted by atomic mass is 10.2. The third-order valence-corrected chi connectivity index (χ3v) is 6.37. The lowest BCUT2D eigenvalue weighted by molar-refractivity contribution is 0.0500. The molecule has 0 bridgehead atoms. The first kappa shape index (κ1) is 22.3. The van der Waals surface area contributed by atoms with Crippen molar-refractivity contribution in [1.82, 2.24) is 4.98 Å². The fraction of sp³-hybridized carbons (Fsp3) is 0.174. The van der Waals surface area contributed by atoms with Crippen molar-refractivity contribution in [1.29, 1.82) is 0 Å². The number of anilines is 1. The predicted molar refractivity (Wildman–Crippen MR) is 127 cm³/mol. The number of amides is 1. The summed E-state index contributed by atoms with van der Waals surface area (Å²) >= 11 is 13.5. The number of furan rings is 1. The molecule has 0 fully saturated rings. The van der Waals surface area contributed by atoms with Gasteiger partial charge in [0.15, 0.2) is 10.9 Å². The normalized spacial score (nSPS) is 11.0. The first-order valence-corrected chi connectivity index (χ1v) is 11.5. The Kier molecular flexibility index (Phi) is 6.79. The number of nitrogens with one attached hydrogen (secondary N) is 1. The summed E-state index contributed by atoms with van der Waals surface area (Å²) < 4.78 is 11.7. The van der Waals surface area contributed by atoms with Crippen LogP contribution in [0.3, 0.4) is 0 Å². The molecule has 0 radical (unpaired) electrons. The monoisotopic (exact) mass is 488 g/mol. The fourth-order valence-corrected chi connectivity index (χ4v) is 4.25. The van der Waals surface area contributed by atoms with Crippen molar-refractivity contribution in [3.8, 4) is 11.3 Å². The number of nitrogens with zero attached hydrogens (tertiary/aromatic N) is 1. The Labute approximate surface area is 198 Å². The number of fused-ring (bicyclic) bond motifs is 1. The highest BCUT2D eigenvalue weighted by atomic mass is 35.5. The summed E-state index contributed by atoms with van der Waals surface area (Å²) in [6.07, 6.45) is 1.77. The molecular weight excluding hydrogens is 471 g/mol. The van der Waals surface area contributed by atoms with E-state index >= 15 is 0 Å². The number of rotatable bonds is 7. The van der Waals surface area contributed by atoms with Gasteiger partial charge in [-0.05, 0) is 48.9 Å². The van der Waals surface area contributed by atoms with Gasteiger partial charge in [0.25, 0.3) is 5.91 Å². The van der Waals surface area contributed by atoms with Crippen LogP contribution in [0.4, 0.5) is 5.13 Å². The Balaban J connectivity index is 1.49. The molecular formula is C23H18Cl2N2O4S. The van der Waals surface area contributed by atoms with E-state index in [4.69, 9.17) is 32.4 Å². The maximum Gasteiger partial charge on any atom is 0.338 e. The van der Waals surface area contributed by atoms with Crippen molar-refractivity contribution in [2.45, 2.75) is 19.8 Å². The van der Waals surface area contributed by atoms with Crippen LogP contribution in [0.2, 0.25) is 10.0 Å². The molecule has 0 unspecified atom stereocenters. The molecule has 6 nitrogen and oxygen atoms in total. The number of carbonyl (C=O) groups is 2. The van der Waals surface area contributed by atoms with Gasteiger partial charge in [0, 0.05) is 5.56 Å². The highest BCUT2D eigenvalue weighted by molar-refractivity contribution is 7.22. The lowest BCUT2D eigenvalue weighted by Gasteiger charge is -2.03. The molecule has 1 amide bonds. The molecule has 2 aromatic heterocycles. The number of esters is 1. The standard InChI is InChI=1S/C23H18Cl2N2O4S/c1-2-3-11-30-22(29)13-7-8-16-19(12-13)32-23(26-16)27-21(28)18-10-9-17(31-18)14-5-4-6-15(24)20(14)25/h4-10,12H,2-3,11H2,1H3,(H,26,27,28). The first-order chi connectivity index (χ1) is 15.5. The van der Waals surface area contributed by atoms with Crippen LogP contribution in [-0.2, 0) is 4.74 Å². The van der Waals surface area contributed by atoms with Gasteiger partial charge in [0.2, 0.25) is 0 Å². The van der Waals surface area contributed by atoms with Crippen LogP contribution in [0, 0.1) is 0 Å². The third-order valence-electron chi connectivity index (χ3n) is 4.62. The summed E-state index contributed by atoms with van der Waals surface area (Å²) in [6, 6.07) is 13.5. The average molecular weight is 489 g/mol. The summed E-state index contributed by atoms with van der Waals surface area (Å²) in [5.74, 6) is -0.288. The molecule has 0 aliphatic carbocycles. The molecule has 0 spiro atoms. The Morgan fingerprint density at radius 3 is 2.81 bits per heavy atom. The minimum Gasteiger partial charge on any atom is -0.462 e. The number of hydrogen-bond acceptors (Lipinski definition) is 6. The third kappa shape index (κ3) is 4.80. The van der Waals surface area contributed by atoms with E-state index in [1.54, 1.807) is 48.5 Å². The van der Waals surface area contributed by atoms with Gasteiger partial charge in [-0.2, -0.15) is 0 Å². The molecule has 9 heteroatoms. The van der Waals surface area contributed by atoms with Gasteiger partial charge in [0.1, 0.15) is 5.76 Å². The van der Waals surface area contributed by atoms with Gasteiger partial charge in [-0.3, -0.25) is 10.1 Å². The summed E-state index contributed by atoms with van der Waals surface area (Å²) in [6.45, 7) is 2.42. The summed E-state index contributed by atoms with van der Waals surface area (Å²) in [7, 11) is 0. The quantitative estimate of drug-likeness (QED) is 0.222. The largest absolute Gasteiger partial charge is 0.462 e. The number of thiazole rings is 1. The maximum absolute atomic E-state index is 12.6. The van der Waals surface area contributed by atoms with Crippen molar-refractivity contribution < 1.29 is 18.7 Å². The summed E-state index contributed by atoms with van der Waals surface area (Å²) in [5.41, 5.74) is 1.71. The Morgan fingerprint density at radius 1 is 1.16 bits per heavy atom. The molecule has 1 N–H and O–H groups in total. The van der Waals surface area contributed by atoms with Crippen LogP contribution in [0.15, 0.2) is 52.9 Å². The number of halogens is 2. The van der Waals surface area contributed by atoms with Crippen molar-refractivity contribution in [3.05, 3.63) is 69.9 Å². The fourth-order valence-electron chi connectivity index (χ4n) is 2.96. The lowest BCUT2D eigenvalue weighted by Crippen LogP contribution is -2.10. The van der Waals surface area contributed by atoms with Gasteiger partial charge in [-0.1, -0.05) is 53.9 Å². The Bertz CT molecular complexity index is 1300. The summed E-state index contributed by atoms with van der Waals surface area (Å²) in [4.78, 5) is 29.2. The van der Waals surface area contributed by atoms with Crippen LogP contribution < -0.4 is 5.32 Å². The van der Waals surface area contributed by atoms with Crippen LogP contribution >= 0.6 is 34.5 Å². The number of hydrogen-bond donors (Lipinski definition) is 1. The molecule has 164 valence electrons. The minimum atomic E-state index is -0.451. The van der Waals surface area contributed by atoms with E-state index in [-0.39, 0.29) is 11.7 Å². The SMILES string of the molecule is CCCCOC(=O)c1ccc2nc(NC(=O)c3ccc(-c4cccc(Cl)c4Cl)o3)sc2c1. The van der Waals surface area contributed by atoms with Crippen molar-refractivity contribution in [2.24, 2.45) is 0 Å². The molecule has 32 heavy (non-hydrogen) atoms. The van der Waals surface area contributed by atoms with Crippen molar-refractivity contribution in [2.75, 3.05) is 11.9 Å². The average Bonchev–Trinajstić information content (AvgIpc) is 3.42. The second kappa shape index (κ2) is 9.73. The molecule has 0 aliphatic heterocycles. The highest BCUT2D eigenvalue weighted by Crippen LogP contribution is 2.34. The Morgan fingerprint density at radius 2 is 2.00 bits per heavy atom. The van der Waals surface area contributed by atoms with Crippen molar-refractivity contribution in [3.63, 3.8) is 0 Å². The Hall–Kier alpha value is -2.87. The number of ether oxygens (including phenoxy) is 1. The zero-order valence-corrected chi connectivity index (χ0v) is 19.3. The number of carbonyl (C=O) groups excluding carboxylic acids is 2. The van der Waals surface area contributed by atoms with Gasteiger partial charge in [-0.15, -0.1) is 0 Å². The second-order valence-electron chi connectivity index (χ2n) is 6.91. The van der Waals surface area contributed by atoms with E-state index < -0.39 is 5.91 Å². The molecule has 0 atom stereocenters. The summed E-state index contributed by atoms with van der Waals surface area (Å²) in [5, 5.41) is 3.87. The molecule has 0 aliphatic rings. The van der Waals surface area contributed by atoms with Crippen LogP contribution in [0.1, 0.15) is 40.7 Å². The number of aromatic nitrogens is 1. The molecule has 2 aromatic carbocycles. The zero-order valence-electron chi connectivity index (χ0n) is 17.0. The topological polar surface area (TPSA) is 81.4 Å². The molecule has 4 aromatic rings. The zero-order chi connectivity index (χ0) is 22.7. The molecule has 4 rings (SSSR count). The molecule has 2 heterocycles. The molecule has 0 saturated carbocycles. The van der Waals surface area contributed by atoms with E-state index in [0.29, 0.717) is 44.2 Å². The molecule has 0 saturated heterocycles. The second-order valence-corrected chi connectivity index (χ2v) is 8.73. The van der Waals surface area contributed by atoms with Gasteiger partial charge in [-0.25, -0.2) is 9.78 Å². The maximum atomic E-state index is 12.6. The van der Waals surface area contributed by atoms with E-state index in [1.807, 2.05) is 6.92 Å². The van der Waals surface area contributed by atoms with E-state index in [1.165, 1.54) is 11.3 Å². The van der Waals surface area contributed by atoms with Crippen molar-refractivity contribution >= 4 is 61.8 Å². The smallest absolute Gasteiger partial charge is 0.338 e. The van der Waals surface area contributed by atoms with Gasteiger partial charge >= 0.3 is 5.97 Å². The van der Waals surface area contributed by atoms with Gasteiger partial charge < -0.3 is 9.15 Å². The minimum absolute atomic E-state index is 0.107. The van der Waals surface area contributed by atoms with E-state index in [2.05, 4.69) is 10.3 Å². The van der Waals surface area contributed by atoms with Crippen LogP contribution in [0.25, 0.3) is 21.5 Å². The van der Waals surface area contributed by atoms with E-state index in [9.17, 15) is 9.59 Å². The van der Waals surface area contributed by atoms with Crippen LogP contribution in [0.5, 0.6) is 0 Å². The highest BCUT2D eigenvalue weighted by Gasteiger charge is 2.17.